The molecule has 5 nitrogen and oxygen atoms in total. The van der Waals surface area contributed by atoms with Crippen LogP contribution in [0.25, 0.3) is 0 Å². The van der Waals surface area contributed by atoms with E-state index in [9.17, 15) is 8.42 Å². The molecule has 0 N–H and O–H groups in total. The van der Waals surface area contributed by atoms with E-state index >= 15 is 0 Å². The first-order valence-electron chi connectivity index (χ1n) is 12.5. The molecule has 1 aliphatic rings. The lowest BCUT2D eigenvalue weighted by atomic mass is 10.1. The Morgan fingerprint density at radius 1 is 0.861 bits per heavy atom. The maximum absolute atomic E-state index is 12.6. The molecule has 0 spiro atoms. The molecule has 0 aromatic heterocycles. The lowest BCUT2D eigenvalue weighted by molar-refractivity contribution is 0.123. The van der Waals surface area contributed by atoms with Crippen LogP contribution in [-0.4, -0.2) is 47.2 Å². The first-order valence-corrected chi connectivity index (χ1v) is 15.9. The summed E-state index contributed by atoms with van der Waals surface area (Å²) in [6, 6.07) is 28.1. The van der Waals surface area contributed by atoms with Crippen LogP contribution in [0.15, 0.2) is 94.2 Å². The van der Waals surface area contributed by atoms with Crippen molar-refractivity contribution in [3.63, 3.8) is 0 Å². The smallest absolute Gasteiger partial charge is 0.283 e. The highest BCUT2D eigenvalue weighted by molar-refractivity contribution is 7.90. The Kier molecular flexibility index (Phi) is 7.83. The number of hydrogen-bond donors (Lipinski definition) is 0. The fourth-order valence-electron chi connectivity index (χ4n) is 4.95. The minimum atomic E-state index is -3.71. The second-order valence-electron chi connectivity index (χ2n) is 10.5. The molecule has 0 atom stereocenters. The van der Waals surface area contributed by atoms with Crippen LogP contribution >= 0.6 is 0 Å². The Bertz CT molecular complexity index is 1220. The maximum atomic E-state index is 12.6. The summed E-state index contributed by atoms with van der Waals surface area (Å²) in [6.07, 6.45) is 3.21. The molecular formula is C29H36N2O3SSi. The quantitative estimate of drug-likeness (QED) is 0.256. The molecule has 0 unspecified atom stereocenters. The molecule has 3 aromatic carbocycles. The van der Waals surface area contributed by atoms with Crippen LogP contribution in [0.2, 0.25) is 5.04 Å². The van der Waals surface area contributed by atoms with Gasteiger partial charge in [-0.15, -0.1) is 4.40 Å². The van der Waals surface area contributed by atoms with Crippen molar-refractivity contribution in [3.05, 3.63) is 90.5 Å². The molecule has 0 radical (unpaired) electrons. The van der Waals surface area contributed by atoms with E-state index in [-0.39, 0.29) is 16.0 Å². The monoisotopic (exact) mass is 520 g/mol. The minimum absolute atomic E-state index is 0.0730. The molecule has 0 saturated carbocycles. The number of rotatable bonds is 7. The largest absolute Gasteiger partial charge is 0.404 e. The Balaban J connectivity index is 1.52. The Hall–Kier alpha value is -2.74. The molecule has 1 fully saturated rings. The second-order valence-corrected chi connectivity index (χ2v) is 16.4. The average molecular weight is 521 g/mol. The van der Waals surface area contributed by atoms with Crippen molar-refractivity contribution in [1.29, 1.82) is 0 Å². The van der Waals surface area contributed by atoms with Crippen LogP contribution in [0.5, 0.6) is 0 Å². The van der Waals surface area contributed by atoms with Crippen molar-refractivity contribution in [2.45, 2.75) is 56.6 Å². The van der Waals surface area contributed by atoms with Gasteiger partial charge in [-0.3, -0.25) is 0 Å². The van der Waals surface area contributed by atoms with Gasteiger partial charge in [-0.1, -0.05) is 99.1 Å². The first-order chi connectivity index (χ1) is 17.1. The van der Waals surface area contributed by atoms with Crippen LogP contribution in [-0.2, 0) is 14.4 Å². The highest BCUT2D eigenvalue weighted by Gasteiger charge is 2.51. The Morgan fingerprint density at radius 2 is 1.36 bits per heavy atom. The number of likely N-dealkylation sites (tertiary alicyclic amines) is 1. The molecule has 1 aliphatic heterocycles. The van der Waals surface area contributed by atoms with Crippen molar-refractivity contribution in [3.8, 4) is 0 Å². The van der Waals surface area contributed by atoms with Gasteiger partial charge in [0.1, 0.15) is 6.34 Å². The van der Waals surface area contributed by atoms with E-state index in [1.807, 2.05) is 11.8 Å². The zero-order valence-electron chi connectivity index (χ0n) is 21.6. The molecule has 3 aromatic rings. The first kappa shape index (κ1) is 26.3. The molecule has 0 amide bonds. The van der Waals surface area contributed by atoms with E-state index < -0.39 is 18.3 Å². The van der Waals surface area contributed by atoms with Crippen LogP contribution in [0.3, 0.4) is 0 Å². The van der Waals surface area contributed by atoms with E-state index in [1.165, 1.54) is 16.7 Å². The number of benzene rings is 3. The van der Waals surface area contributed by atoms with Crippen molar-refractivity contribution >= 4 is 35.1 Å². The second kappa shape index (κ2) is 10.7. The van der Waals surface area contributed by atoms with Crippen LogP contribution in [0, 0.1) is 6.92 Å². The third-order valence-corrected chi connectivity index (χ3v) is 13.2. The summed E-state index contributed by atoms with van der Waals surface area (Å²) in [5.41, 5.74) is 1.01. The van der Waals surface area contributed by atoms with E-state index in [0.29, 0.717) is 13.1 Å². The van der Waals surface area contributed by atoms with Gasteiger partial charge in [0.15, 0.2) is 0 Å². The van der Waals surface area contributed by atoms with Crippen LogP contribution in [0.4, 0.5) is 0 Å². The average Bonchev–Trinajstić information content (AvgIpc) is 2.87. The van der Waals surface area contributed by atoms with Gasteiger partial charge in [0.05, 0.1) is 4.90 Å². The van der Waals surface area contributed by atoms with Gasteiger partial charge >= 0.3 is 0 Å². The van der Waals surface area contributed by atoms with Gasteiger partial charge in [0, 0.05) is 19.2 Å². The third-order valence-electron chi connectivity index (χ3n) is 6.90. The predicted molar refractivity (Wildman–Crippen MR) is 150 cm³/mol. The Morgan fingerprint density at radius 3 is 1.83 bits per heavy atom. The van der Waals surface area contributed by atoms with E-state index in [1.54, 1.807) is 24.3 Å². The number of piperidine rings is 1. The van der Waals surface area contributed by atoms with E-state index in [4.69, 9.17) is 4.43 Å². The lowest BCUT2D eigenvalue weighted by Crippen LogP contribution is -2.68. The molecule has 4 rings (SSSR count). The SMILES string of the molecule is Cc1ccc(S(=O)(=O)/N=C/N2CCC(O[Si](c3ccccc3)(c3ccccc3)C(C)(C)C)CC2)cc1. The molecule has 1 saturated heterocycles. The summed E-state index contributed by atoms with van der Waals surface area (Å²) < 4.78 is 36.4. The van der Waals surface area contributed by atoms with Gasteiger partial charge in [0.2, 0.25) is 0 Å². The van der Waals surface area contributed by atoms with E-state index in [0.717, 1.165) is 18.4 Å². The summed E-state index contributed by atoms with van der Waals surface area (Å²) in [5.74, 6) is 0. The number of aryl methyl sites for hydroxylation is 1. The molecule has 0 bridgehead atoms. The highest BCUT2D eigenvalue weighted by Crippen LogP contribution is 2.38. The maximum Gasteiger partial charge on any atom is 0.283 e. The highest BCUT2D eigenvalue weighted by atomic mass is 32.2. The zero-order chi connectivity index (χ0) is 25.8. The van der Waals surface area contributed by atoms with Crippen LogP contribution < -0.4 is 10.4 Å². The molecular weight excluding hydrogens is 484 g/mol. The minimum Gasteiger partial charge on any atom is -0.404 e. The summed E-state index contributed by atoms with van der Waals surface area (Å²) in [7, 11) is -6.31. The van der Waals surface area contributed by atoms with E-state index in [2.05, 4.69) is 85.8 Å². The summed E-state index contributed by atoms with van der Waals surface area (Å²) in [4.78, 5) is 2.20. The molecule has 36 heavy (non-hydrogen) atoms. The van der Waals surface area contributed by atoms with Crippen molar-refractivity contribution in [2.75, 3.05) is 13.1 Å². The van der Waals surface area contributed by atoms with Crippen molar-refractivity contribution in [1.82, 2.24) is 4.90 Å². The topological polar surface area (TPSA) is 59.0 Å². The van der Waals surface area contributed by atoms with Crippen LogP contribution in [0.1, 0.15) is 39.2 Å². The third kappa shape index (κ3) is 5.64. The zero-order valence-corrected chi connectivity index (χ0v) is 23.4. The molecule has 0 aliphatic carbocycles. The molecule has 190 valence electrons. The number of nitrogens with zero attached hydrogens (tertiary/aromatic N) is 2. The van der Waals surface area contributed by atoms with Crippen molar-refractivity contribution in [2.24, 2.45) is 4.40 Å². The van der Waals surface area contributed by atoms with Gasteiger partial charge in [0.25, 0.3) is 18.3 Å². The number of sulfonamides is 1. The molecule has 1 heterocycles. The summed E-state index contributed by atoms with van der Waals surface area (Å²) in [6.45, 7) is 10.2. The normalized spacial score (nSPS) is 15.9. The number of hydrogen-bond acceptors (Lipinski definition) is 3. The predicted octanol–water partition coefficient (Wildman–Crippen LogP) is 4.75. The fraction of sp³-hybridized carbons (Fsp3) is 0.345. The fourth-order valence-corrected chi connectivity index (χ4v) is 10.6. The van der Waals surface area contributed by atoms with Gasteiger partial charge < -0.3 is 9.33 Å². The standard InChI is InChI=1S/C29H36N2O3SSi/c1-24-15-17-26(18-16-24)35(32,33)30-23-31-21-19-25(20-22-31)34-36(29(2,3)4,27-11-7-5-8-12-27)28-13-9-6-10-14-28/h5-18,23,25H,19-22H2,1-4H3/b30-23+. The summed E-state index contributed by atoms with van der Waals surface area (Å²) >= 11 is 0. The lowest BCUT2D eigenvalue weighted by Gasteiger charge is -2.46. The molecule has 7 heteroatoms. The van der Waals surface area contributed by atoms with Gasteiger partial charge in [-0.2, -0.15) is 8.42 Å². The summed E-state index contributed by atoms with van der Waals surface area (Å²) in [5, 5.41) is 2.48. The Labute approximate surface area is 217 Å². The van der Waals surface area contributed by atoms with Gasteiger partial charge in [-0.05, 0) is 47.3 Å². The van der Waals surface area contributed by atoms with Gasteiger partial charge in [-0.25, -0.2) is 0 Å². The van der Waals surface area contributed by atoms with Crippen molar-refractivity contribution < 1.29 is 12.8 Å².